The Morgan fingerprint density at radius 2 is 2.25 bits per heavy atom. The molecule has 0 saturated carbocycles. The van der Waals surface area contributed by atoms with E-state index in [4.69, 9.17) is 0 Å². The lowest BCUT2D eigenvalue weighted by Gasteiger charge is -2.32. The van der Waals surface area contributed by atoms with Crippen LogP contribution in [0.2, 0.25) is 0 Å². The van der Waals surface area contributed by atoms with Crippen LogP contribution in [0.3, 0.4) is 0 Å². The molecule has 16 heavy (non-hydrogen) atoms. The van der Waals surface area contributed by atoms with Gasteiger partial charge in [-0.25, -0.2) is 4.98 Å². The number of hydrogen-bond donors (Lipinski definition) is 1. The van der Waals surface area contributed by atoms with Crippen molar-refractivity contribution < 1.29 is 0 Å². The molecular formula is C12H21N3S. The Balaban J connectivity index is 2.24. The maximum Gasteiger partial charge on any atom is 0.0956 e. The Hall–Kier alpha value is -0.450. The van der Waals surface area contributed by atoms with Gasteiger partial charge in [-0.3, -0.25) is 4.90 Å². The van der Waals surface area contributed by atoms with E-state index in [1.165, 1.54) is 15.6 Å². The molecule has 1 aromatic heterocycles. The molecule has 0 bridgehead atoms. The Labute approximate surface area is 102 Å². The second-order valence-electron chi connectivity index (χ2n) is 4.86. The normalized spacial score (nSPS) is 22.9. The van der Waals surface area contributed by atoms with Crippen molar-refractivity contribution in [1.29, 1.82) is 0 Å². The average molecular weight is 239 g/mol. The molecule has 1 fully saturated rings. The number of rotatable bonds is 2. The largest absolute Gasteiger partial charge is 0.314 e. The maximum atomic E-state index is 4.68. The van der Waals surface area contributed by atoms with Crippen molar-refractivity contribution in [3.05, 3.63) is 15.6 Å². The zero-order chi connectivity index (χ0) is 11.7. The van der Waals surface area contributed by atoms with Gasteiger partial charge in [0.05, 0.1) is 16.7 Å². The fourth-order valence-electron chi connectivity index (χ4n) is 2.08. The second kappa shape index (κ2) is 4.82. The van der Waals surface area contributed by atoms with Crippen molar-refractivity contribution in [3.63, 3.8) is 0 Å². The van der Waals surface area contributed by atoms with Gasteiger partial charge in [0.25, 0.3) is 0 Å². The van der Waals surface area contributed by atoms with Crippen molar-refractivity contribution in [2.24, 2.45) is 0 Å². The molecule has 1 N–H and O–H groups in total. The van der Waals surface area contributed by atoms with E-state index in [-0.39, 0.29) is 0 Å². The van der Waals surface area contributed by atoms with Crippen molar-refractivity contribution in [2.75, 3.05) is 26.7 Å². The number of nitrogens with zero attached hydrogens (tertiary/aromatic N) is 2. The van der Waals surface area contributed by atoms with E-state index in [0.717, 1.165) is 19.6 Å². The van der Waals surface area contributed by atoms with E-state index in [1.54, 1.807) is 0 Å². The van der Waals surface area contributed by atoms with Gasteiger partial charge in [0.1, 0.15) is 0 Å². The first-order valence-electron chi connectivity index (χ1n) is 5.97. The molecule has 4 heteroatoms. The number of thiazole rings is 1. The topological polar surface area (TPSA) is 28.2 Å². The third-order valence-corrected chi connectivity index (χ3v) is 4.72. The summed E-state index contributed by atoms with van der Waals surface area (Å²) in [5, 5.41) is 4.74. The molecule has 2 heterocycles. The summed E-state index contributed by atoms with van der Waals surface area (Å²) in [6.45, 7) is 9.84. The molecule has 0 spiro atoms. The van der Waals surface area contributed by atoms with Crippen LogP contribution in [0.25, 0.3) is 0 Å². The van der Waals surface area contributed by atoms with Crippen LogP contribution in [0.15, 0.2) is 0 Å². The van der Waals surface area contributed by atoms with Gasteiger partial charge in [-0.05, 0) is 14.0 Å². The van der Waals surface area contributed by atoms with Gasteiger partial charge in [0.15, 0.2) is 0 Å². The van der Waals surface area contributed by atoms with Gasteiger partial charge in [0, 0.05) is 30.4 Å². The van der Waals surface area contributed by atoms with Gasteiger partial charge in [-0.15, -0.1) is 11.3 Å². The molecule has 1 aliphatic rings. The summed E-state index contributed by atoms with van der Waals surface area (Å²) in [5.74, 6) is 0.541. The van der Waals surface area contributed by atoms with E-state index in [1.807, 2.05) is 11.3 Å². The fraction of sp³-hybridized carbons (Fsp3) is 0.750. The van der Waals surface area contributed by atoms with Gasteiger partial charge in [-0.2, -0.15) is 0 Å². The summed E-state index contributed by atoms with van der Waals surface area (Å²) in [4.78, 5) is 8.56. The molecule has 2 rings (SSSR count). The summed E-state index contributed by atoms with van der Waals surface area (Å²) >= 11 is 1.89. The van der Waals surface area contributed by atoms with Crippen LogP contribution >= 0.6 is 11.3 Å². The van der Waals surface area contributed by atoms with Crippen LogP contribution in [0, 0.1) is 6.92 Å². The number of aryl methyl sites for hydroxylation is 1. The third-order valence-electron chi connectivity index (χ3n) is 3.16. The summed E-state index contributed by atoms with van der Waals surface area (Å²) in [5.41, 5.74) is 1.22. The molecule has 90 valence electrons. The van der Waals surface area contributed by atoms with E-state index in [2.05, 4.69) is 43.0 Å². The van der Waals surface area contributed by atoms with Crippen LogP contribution in [0.4, 0.5) is 0 Å². The monoisotopic (exact) mass is 239 g/mol. The first kappa shape index (κ1) is 12.0. The Bertz CT molecular complexity index is 359. The Morgan fingerprint density at radius 3 is 2.81 bits per heavy atom. The van der Waals surface area contributed by atoms with Crippen molar-refractivity contribution >= 4 is 11.3 Å². The minimum atomic E-state index is 0.513. The smallest absolute Gasteiger partial charge is 0.0956 e. The molecule has 0 amide bonds. The minimum absolute atomic E-state index is 0.513. The maximum absolute atomic E-state index is 4.68. The SMILES string of the molecule is Cc1nc(C(C)C)sc1C1CNCCN1C. The van der Waals surface area contributed by atoms with E-state index in [0.29, 0.717) is 12.0 Å². The third kappa shape index (κ3) is 2.29. The highest BCUT2D eigenvalue weighted by Crippen LogP contribution is 2.32. The van der Waals surface area contributed by atoms with Crippen molar-refractivity contribution in [3.8, 4) is 0 Å². The summed E-state index contributed by atoms with van der Waals surface area (Å²) in [6, 6.07) is 0.513. The number of nitrogens with one attached hydrogen (secondary N) is 1. The number of likely N-dealkylation sites (N-methyl/N-ethyl adjacent to an activating group) is 1. The molecule has 1 unspecified atom stereocenters. The number of aromatic nitrogens is 1. The van der Waals surface area contributed by atoms with Crippen molar-refractivity contribution in [2.45, 2.75) is 32.7 Å². The predicted molar refractivity (Wildman–Crippen MR) is 69.2 cm³/mol. The highest BCUT2D eigenvalue weighted by atomic mass is 32.1. The Kier molecular flexibility index (Phi) is 3.62. The van der Waals surface area contributed by atoms with Crippen LogP contribution in [-0.2, 0) is 0 Å². The second-order valence-corrected chi connectivity index (χ2v) is 5.92. The lowest BCUT2D eigenvalue weighted by atomic mass is 10.1. The lowest BCUT2D eigenvalue weighted by Crippen LogP contribution is -2.43. The van der Waals surface area contributed by atoms with Gasteiger partial charge < -0.3 is 5.32 Å². The van der Waals surface area contributed by atoms with E-state index in [9.17, 15) is 0 Å². The number of hydrogen-bond acceptors (Lipinski definition) is 4. The number of piperazine rings is 1. The van der Waals surface area contributed by atoms with Crippen molar-refractivity contribution in [1.82, 2.24) is 15.2 Å². The molecular weight excluding hydrogens is 218 g/mol. The molecule has 1 aromatic rings. The van der Waals surface area contributed by atoms with E-state index >= 15 is 0 Å². The predicted octanol–water partition coefficient (Wildman–Crippen LogP) is 2.15. The summed E-state index contributed by atoms with van der Waals surface area (Å²) < 4.78 is 0. The standard InChI is InChI=1S/C12H21N3S/c1-8(2)12-14-9(3)11(16-12)10-7-13-5-6-15(10)4/h8,10,13H,5-7H2,1-4H3. The lowest BCUT2D eigenvalue weighted by molar-refractivity contribution is 0.204. The molecule has 0 aromatic carbocycles. The first-order valence-corrected chi connectivity index (χ1v) is 6.79. The highest BCUT2D eigenvalue weighted by molar-refractivity contribution is 7.11. The molecule has 1 atom stereocenters. The average Bonchev–Trinajstić information content (AvgIpc) is 2.61. The van der Waals surface area contributed by atoms with Crippen LogP contribution in [-0.4, -0.2) is 36.6 Å². The summed E-state index contributed by atoms with van der Waals surface area (Å²) in [7, 11) is 2.21. The van der Waals surface area contributed by atoms with Gasteiger partial charge >= 0.3 is 0 Å². The van der Waals surface area contributed by atoms with Crippen LogP contribution in [0.5, 0.6) is 0 Å². The Morgan fingerprint density at radius 1 is 1.50 bits per heavy atom. The quantitative estimate of drug-likeness (QED) is 0.857. The molecule has 3 nitrogen and oxygen atoms in total. The zero-order valence-electron chi connectivity index (χ0n) is 10.6. The van der Waals surface area contributed by atoms with E-state index < -0.39 is 0 Å². The molecule has 0 radical (unpaired) electrons. The fourth-order valence-corrected chi connectivity index (χ4v) is 3.32. The van der Waals surface area contributed by atoms with Gasteiger partial charge in [-0.1, -0.05) is 13.8 Å². The first-order chi connectivity index (χ1) is 7.59. The minimum Gasteiger partial charge on any atom is -0.314 e. The van der Waals surface area contributed by atoms with Gasteiger partial charge in [0.2, 0.25) is 0 Å². The molecule has 1 aliphatic heterocycles. The summed E-state index contributed by atoms with van der Waals surface area (Å²) in [6.07, 6.45) is 0. The van der Waals surface area contributed by atoms with Crippen LogP contribution in [0.1, 0.15) is 41.4 Å². The zero-order valence-corrected chi connectivity index (χ0v) is 11.4. The highest BCUT2D eigenvalue weighted by Gasteiger charge is 2.25. The van der Waals surface area contributed by atoms with Crippen LogP contribution < -0.4 is 5.32 Å². The molecule has 1 saturated heterocycles. The molecule has 0 aliphatic carbocycles.